The van der Waals surface area contributed by atoms with E-state index < -0.39 is 0 Å². The van der Waals surface area contributed by atoms with Gasteiger partial charge in [0.15, 0.2) is 5.13 Å². The minimum Gasteiger partial charge on any atom is -0.488 e. The molecule has 226 valence electrons. The lowest BCUT2D eigenvalue weighted by molar-refractivity contribution is -0.150. The maximum atomic E-state index is 13.3. The van der Waals surface area contributed by atoms with Crippen LogP contribution in [0.2, 0.25) is 0 Å². The van der Waals surface area contributed by atoms with Crippen LogP contribution in [0, 0.1) is 18.3 Å². The zero-order valence-electron chi connectivity index (χ0n) is 25.0. The number of ether oxygens (including phenoxy) is 3. The number of carbonyl (C=O) groups is 2. The number of rotatable bonds is 8. The Labute approximate surface area is 256 Å². The number of hydrogen-bond donors (Lipinski definition) is 0. The fourth-order valence-electron chi connectivity index (χ4n) is 7.08. The molecule has 9 heteroatoms. The average Bonchev–Trinajstić information content (AvgIpc) is 3.58. The Morgan fingerprint density at radius 2 is 2.00 bits per heavy atom. The van der Waals surface area contributed by atoms with Crippen LogP contribution < -0.4 is 9.64 Å². The average molecular weight is 602 g/mol. The number of carbonyl (C=O) groups excluding carboxylic acids is 2. The lowest BCUT2D eigenvalue weighted by atomic mass is 9.94. The first kappa shape index (κ1) is 28.3. The van der Waals surface area contributed by atoms with E-state index in [1.54, 1.807) is 11.3 Å². The van der Waals surface area contributed by atoms with Gasteiger partial charge in [-0.25, -0.2) is 4.98 Å². The molecule has 4 aliphatic rings. The van der Waals surface area contributed by atoms with Crippen molar-refractivity contribution in [2.45, 2.75) is 58.6 Å². The topological polar surface area (TPSA) is 81.2 Å². The van der Waals surface area contributed by atoms with E-state index in [0.717, 1.165) is 109 Å². The highest BCUT2D eigenvalue weighted by atomic mass is 32.1. The molecule has 7 rings (SSSR count). The van der Waals surface area contributed by atoms with Crippen molar-refractivity contribution >= 4 is 28.3 Å². The first-order valence-electron chi connectivity index (χ1n) is 15.6. The molecule has 0 radical (unpaired) electrons. The van der Waals surface area contributed by atoms with Gasteiger partial charge in [0.1, 0.15) is 12.4 Å². The van der Waals surface area contributed by atoms with E-state index in [4.69, 9.17) is 19.2 Å². The Balaban J connectivity index is 1.03. The fraction of sp³-hybridized carbons (Fsp3) is 0.500. The molecule has 1 aromatic heterocycles. The lowest BCUT2D eigenvalue weighted by Crippen LogP contribution is -2.47. The van der Waals surface area contributed by atoms with Crippen LogP contribution >= 0.6 is 11.3 Å². The SMILES string of the molecule is CCOC(=O)[C@@]12CCN(c3nc(-c4cc(C)ccc4OCc4ccc5c(c4)CCN(C4CCOCC4)C5=O)cs3)CC1C2. The lowest BCUT2D eigenvalue weighted by Gasteiger charge is -2.37. The molecule has 43 heavy (non-hydrogen) atoms. The third-order valence-corrected chi connectivity index (χ3v) is 10.6. The van der Waals surface area contributed by atoms with Gasteiger partial charge < -0.3 is 24.0 Å². The standard InChI is InChI=1S/C34H39N3O5S/c1-3-41-32(39)34-11-13-36(19-25(34)18-34)33-35-29(21-43-33)28-16-22(2)4-7-30(28)42-20-23-5-6-27-24(17-23)8-12-37(31(27)38)26-9-14-40-15-10-26/h4-7,16-17,21,25-26H,3,8-15,18-20H2,1-2H3/t25?,34-/m1/s1. The van der Waals surface area contributed by atoms with Crippen molar-refractivity contribution in [2.75, 3.05) is 44.4 Å². The molecule has 8 nitrogen and oxygen atoms in total. The van der Waals surface area contributed by atoms with Gasteiger partial charge >= 0.3 is 5.97 Å². The van der Waals surface area contributed by atoms with Gasteiger partial charge in [0, 0.05) is 55.4 Å². The van der Waals surface area contributed by atoms with Crippen molar-refractivity contribution in [3.8, 4) is 17.0 Å². The van der Waals surface area contributed by atoms with Gasteiger partial charge in [0.05, 0.1) is 17.7 Å². The summed E-state index contributed by atoms with van der Waals surface area (Å²) < 4.78 is 17.3. The summed E-state index contributed by atoms with van der Waals surface area (Å²) in [6.45, 7) is 8.70. The predicted molar refractivity (Wildman–Crippen MR) is 166 cm³/mol. The number of amides is 1. The molecule has 2 atom stereocenters. The number of anilines is 1. The van der Waals surface area contributed by atoms with Crippen molar-refractivity contribution in [3.63, 3.8) is 0 Å². The number of benzene rings is 2. The maximum absolute atomic E-state index is 13.3. The summed E-state index contributed by atoms with van der Waals surface area (Å²) in [7, 11) is 0. The summed E-state index contributed by atoms with van der Waals surface area (Å²) in [5, 5.41) is 3.09. The number of fused-ring (bicyclic) bond motifs is 2. The predicted octanol–water partition coefficient (Wildman–Crippen LogP) is 5.65. The molecular weight excluding hydrogens is 562 g/mol. The number of thiazole rings is 1. The third kappa shape index (κ3) is 5.42. The van der Waals surface area contributed by atoms with Gasteiger partial charge in [-0.3, -0.25) is 9.59 Å². The number of piperidine rings is 1. The number of aryl methyl sites for hydroxylation is 1. The molecule has 2 saturated heterocycles. The Bertz CT molecular complexity index is 1530. The quantitative estimate of drug-likeness (QED) is 0.309. The van der Waals surface area contributed by atoms with Crippen LogP contribution in [-0.4, -0.2) is 67.3 Å². The minimum atomic E-state index is -0.266. The van der Waals surface area contributed by atoms with Crippen molar-refractivity contribution in [3.05, 3.63) is 64.0 Å². The molecule has 0 N–H and O–H groups in total. The summed E-state index contributed by atoms with van der Waals surface area (Å²) >= 11 is 1.64. The van der Waals surface area contributed by atoms with Gasteiger partial charge in [-0.1, -0.05) is 23.8 Å². The van der Waals surface area contributed by atoms with E-state index >= 15 is 0 Å². The molecule has 4 heterocycles. The van der Waals surface area contributed by atoms with Crippen LogP contribution in [0.25, 0.3) is 11.3 Å². The van der Waals surface area contributed by atoms with Crippen LogP contribution in [0.4, 0.5) is 5.13 Å². The highest BCUT2D eigenvalue weighted by Crippen LogP contribution is 2.59. The Kier molecular flexibility index (Phi) is 7.63. The molecule has 1 aliphatic carbocycles. The second kappa shape index (κ2) is 11.6. The Hall–Kier alpha value is -3.43. The molecule has 3 aliphatic heterocycles. The van der Waals surface area contributed by atoms with Gasteiger partial charge in [-0.15, -0.1) is 11.3 Å². The zero-order valence-corrected chi connectivity index (χ0v) is 25.8. The number of esters is 1. The van der Waals surface area contributed by atoms with Crippen molar-refractivity contribution in [1.29, 1.82) is 0 Å². The van der Waals surface area contributed by atoms with E-state index in [1.807, 2.05) is 30.0 Å². The molecule has 1 saturated carbocycles. The van der Waals surface area contributed by atoms with Crippen molar-refractivity contribution < 1.29 is 23.8 Å². The molecule has 2 aromatic carbocycles. The number of aromatic nitrogens is 1. The van der Waals surface area contributed by atoms with Crippen LogP contribution in [-0.2, 0) is 27.3 Å². The van der Waals surface area contributed by atoms with E-state index in [1.165, 1.54) is 0 Å². The first-order chi connectivity index (χ1) is 20.9. The van der Waals surface area contributed by atoms with Gasteiger partial charge in [0.2, 0.25) is 0 Å². The van der Waals surface area contributed by atoms with Crippen molar-refractivity contribution in [1.82, 2.24) is 9.88 Å². The summed E-state index contributed by atoms with van der Waals surface area (Å²) in [5.41, 5.74) is 5.74. The van der Waals surface area contributed by atoms with E-state index in [9.17, 15) is 9.59 Å². The summed E-state index contributed by atoms with van der Waals surface area (Å²) in [6, 6.07) is 12.6. The number of hydrogen-bond acceptors (Lipinski definition) is 8. The fourth-order valence-corrected chi connectivity index (χ4v) is 7.94. The van der Waals surface area contributed by atoms with Crippen LogP contribution in [0.3, 0.4) is 0 Å². The number of nitrogens with zero attached hydrogens (tertiary/aromatic N) is 3. The summed E-state index contributed by atoms with van der Waals surface area (Å²) in [5.74, 6) is 1.26. The largest absolute Gasteiger partial charge is 0.488 e. The van der Waals surface area contributed by atoms with Gasteiger partial charge in [-0.2, -0.15) is 0 Å². The molecule has 3 fully saturated rings. The van der Waals surface area contributed by atoms with Gasteiger partial charge in [-0.05, 0) is 81.2 Å². The zero-order chi connectivity index (χ0) is 29.6. The molecule has 1 amide bonds. The Morgan fingerprint density at radius 3 is 2.81 bits per heavy atom. The molecule has 0 spiro atoms. The molecule has 3 aromatic rings. The van der Waals surface area contributed by atoms with E-state index in [-0.39, 0.29) is 23.3 Å². The highest BCUT2D eigenvalue weighted by Gasteiger charge is 2.63. The normalized spacial score (nSPS) is 23.5. The smallest absolute Gasteiger partial charge is 0.312 e. The van der Waals surface area contributed by atoms with E-state index in [2.05, 4.69) is 35.4 Å². The summed E-state index contributed by atoms with van der Waals surface area (Å²) in [4.78, 5) is 35.2. The third-order valence-electron chi connectivity index (χ3n) is 9.67. The molecular formula is C34H39N3O5S. The summed E-state index contributed by atoms with van der Waals surface area (Å²) in [6.07, 6.45) is 4.44. The second-order valence-corrected chi connectivity index (χ2v) is 13.2. The van der Waals surface area contributed by atoms with Crippen LogP contribution in [0.5, 0.6) is 5.75 Å². The van der Waals surface area contributed by atoms with Crippen LogP contribution in [0.15, 0.2) is 41.8 Å². The van der Waals surface area contributed by atoms with Crippen molar-refractivity contribution in [2.24, 2.45) is 11.3 Å². The Morgan fingerprint density at radius 1 is 1.14 bits per heavy atom. The molecule has 0 bridgehead atoms. The second-order valence-electron chi connectivity index (χ2n) is 12.4. The maximum Gasteiger partial charge on any atom is 0.312 e. The van der Waals surface area contributed by atoms with E-state index in [0.29, 0.717) is 19.1 Å². The minimum absolute atomic E-state index is 0.0245. The highest BCUT2D eigenvalue weighted by molar-refractivity contribution is 7.14. The van der Waals surface area contributed by atoms with Crippen LogP contribution in [0.1, 0.15) is 59.7 Å². The first-order valence-corrected chi connectivity index (χ1v) is 16.4. The monoisotopic (exact) mass is 601 g/mol. The van der Waals surface area contributed by atoms with Gasteiger partial charge in [0.25, 0.3) is 5.91 Å². The molecule has 1 unspecified atom stereocenters.